The van der Waals surface area contributed by atoms with Gasteiger partial charge in [0.05, 0.1) is 0 Å². The van der Waals surface area contributed by atoms with Gasteiger partial charge in [-0.25, -0.2) is 0 Å². The summed E-state index contributed by atoms with van der Waals surface area (Å²) >= 11 is 0. The predicted octanol–water partition coefficient (Wildman–Crippen LogP) is 2.00. The van der Waals surface area contributed by atoms with E-state index in [0.717, 1.165) is 32.0 Å². The van der Waals surface area contributed by atoms with Crippen molar-refractivity contribution in [3.05, 3.63) is 0 Å². The Morgan fingerprint density at radius 2 is 2.19 bits per heavy atom. The van der Waals surface area contributed by atoms with Gasteiger partial charge in [0.2, 0.25) is 0 Å². The summed E-state index contributed by atoms with van der Waals surface area (Å²) in [6.07, 6.45) is 7.62. The summed E-state index contributed by atoms with van der Waals surface area (Å²) in [7, 11) is 1.75. The monoisotopic (exact) mass is 228 g/mol. The lowest BCUT2D eigenvalue weighted by Gasteiger charge is -2.29. The van der Waals surface area contributed by atoms with E-state index in [9.17, 15) is 0 Å². The molecule has 1 saturated heterocycles. The number of hydrogen-bond acceptors (Lipinski definition) is 3. The first kappa shape index (κ1) is 13.9. The molecule has 0 saturated carbocycles. The molecule has 1 heterocycles. The Balaban J connectivity index is 2.22. The first-order valence-corrected chi connectivity index (χ1v) is 6.72. The Morgan fingerprint density at radius 1 is 1.38 bits per heavy atom. The van der Waals surface area contributed by atoms with Crippen molar-refractivity contribution in [3.8, 4) is 0 Å². The van der Waals surface area contributed by atoms with Gasteiger partial charge in [-0.2, -0.15) is 0 Å². The van der Waals surface area contributed by atoms with Crippen molar-refractivity contribution in [1.29, 1.82) is 0 Å². The van der Waals surface area contributed by atoms with Crippen LogP contribution in [0.15, 0.2) is 0 Å². The largest absolute Gasteiger partial charge is 0.385 e. The van der Waals surface area contributed by atoms with Gasteiger partial charge in [-0.3, -0.25) is 4.90 Å². The van der Waals surface area contributed by atoms with Crippen molar-refractivity contribution in [3.63, 3.8) is 0 Å². The van der Waals surface area contributed by atoms with E-state index in [1.807, 2.05) is 0 Å². The van der Waals surface area contributed by atoms with E-state index in [4.69, 9.17) is 10.5 Å². The summed E-state index contributed by atoms with van der Waals surface area (Å²) in [5.74, 6) is 0. The third kappa shape index (κ3) is 5.28. The number of ether oxygens (including phenoxy) is 1. The predicted molar refractivity (Wildman–Crippen MR) is 68.6 cm³/mol. The van der Waals surface area contributed by atoms with Crippen LogP contribution in [0.3, 0.4) is 0 Å². The average Bonchev–Trinajstić information content (AvgIpc) is 2.45. The molecule has 1 rings (SSSR count). The van der Waals surface area contributed by atoms with Crippen LogP contribution in [0, 0.1) is 0 Å². The van der Waals surface area contributed by atoms with Gasteiger partial charge in [0.15, 0.2) is 0 Å². The first-order chi connectivity index (χ1) is 7.74. The first-order valence-electron chi connectivity index (χ1n) is 6.72. The van der Waals surface area contributed by atoms with E-state index in [1.54, 1.807) is 7.11 Å². The zero-order valence-electron chi connectivity index (χ0n) is 11.0. The second-order valence-corrected chi connectivity index (χ2v) is 5.09. The molecule has 0 aromatic heterocycles. The fraction of sp³-hybridized carbons (Fsp3) is 1.00. The van der Waals surface area contributed by atoms with Gasteiger partial charge in [-0.15, -0.1) is 0 Å². The van der Waals surface area contributed by atoms with Gasteiger partial charge in [0.25, 0.3) is 0 Å². The minimum Gasteiger partial charge on any atom is -0.385 e. The summed E-state index contributed by atoms with van der Waals surface area (Å²) in [6, 6.07) is 1.03. The van der Waals surface area contributed by atoms with Crippen LogP contribution in [0.1, 0.15) is 45.4 Å². The topological polar surface area (TPSA) is 38.5 Å². The number of rotatable bonds is 6. The van der Waals surface area contributed by atoms with Crippen molar-refractivity contribution in [2.24, 2.45) is 5.73 Å². The molecule has 1 aliphatic heterocycles. The van der Waals surface area contributed by atoms with Gasteiger partial charge < -0.3 is 10.5 Å². The molecule has 96 valence electrons. The van der Waals surface area contributed by atoms with Crippen molar-refractivity contribution in [2.45, 2.75) is 57.5 Å². The van der Waals surface area contributed by atoms with Crippen LogP contribution >= 0.6 is 0 Å². The Hall–Kier alpha value is -0.120. The Labute approximate surface area is 100 Å². The van der Waals surface area contributed by atoms with Crippen LogP contribution in [-0.4, -0.2) is 43.8 Å². The normalized spacial score (nSPS) is 25.3. The summed E-state index contributed by atoms with van der Waals surface area (Å²) < 4.78 is 5.05. The van der Waals surface area contributed by atoms with Crippen LogP contribution in [0.25, 0.3) is 0 Å². The van der Waals surface area contributed by atoms with E-state index in [1.165, 1.54) is 32.2 Å². The second-order valence-electron chi connectivity index (χ2n) is 5.09. The van der Waals surface area contributed by atoms with Crippen molar-refractivity contribution < 1.29 is 4.74 Å². The molecular formula is C13H28N2O. The van der Waals surface area contributed by atoms with E-state index < -0.39 is 0 Å². The molecule has 2 atom stereocenters. The quantitative estimate of drug-likeness (QED) is 0.707. The smallest absolute Gasteiger partial charge is 0.0462 e. The molecule has 16 heavy (non-hydrogen) atoms. The molecule has 0 radical (unpaired) electrons. The molecule has 2 N–H and O–H groups in total. The summed E-state index contributed by atoms with van der Waals surface area (Å²) in [5.41, 5.74) is 6.16. The van der Waals surface area contributed by atoms with Crippen LogP contribution < -0.4 is 5.73 Å². The molecule has 2 unspecified atom stereocenters. The van der Waals surface area contributed by atoms with Gasteiger partial charge in [-0.05, 0) is 39.2 Å². The van der Waals surface area contributed by atoms with Crippen molar-refractivity contribution >= 4 is 0 Å². The molecule has 0 bridgehead atoms. The third-order valence-electron chi connectivity index (χ3n) is 3.58. The highest BCUT2D eigenvalue weighted by atomic mass is 16.5. The summed E-state index contributed by atoms with van der Waals surface area (Å²) in [6.45, 7) is 5.47. The minimum atomic E-state index is 0.315. The summed E-state index contributed by atoms with van der Waals surface area (Å²) in [5, 5.41) is 0. The van der Waals surface area contributed by atoms with Gasteiger partial charge >= 0.3 is 0 Å². The lowest BCUT2D eigenvalue weighted by atomic mass is 10.1. The minimum absolute atomic E-state index is 0.315. The number of likely N-dealkylation sites (tertiary alicyclic amines) is 1. The molecule has 0 spiro atoms. The molecule has 0 aliphatic carbocycles. The van der Waals surface area contributed by atoms with Crippen LogP contribution in [0.5, 0.6) is 0 Å². The molecule has 0 aromatic carbocycles. The second kappa shape index (κ2) is 8.04. The maximum Gasteiger partial charge on any atom is 0.0462 e. The molecule has 0 amide bonds. The van der Waals surface area contributed by atoms with E-state index in [0.29, 0.717) is 6.04 Å². The molecular weight excluding hydrogens is 200 g/mol. The van der Waals surface area contributed by atoms with Crippen LogP contribution in [0.2, 0.25) is 0 Å². The van der Waals surface area contributed by atoms with Gasteiger partial charge in [0.1, 0.15) is 0 Å². The fourth-order valence-corrected chi connectivity index (χ4v) is 2.49. The molecule has 1 fully saturated rings. The summed E-state index contributed by atoms with van der Waals surface area (Å²) in [4.78, 5) is 2.57. The highest BCUT2D eigenvalue weighted by Crippen LogP contribution is 2.16. The standard InChI is InChI=1S/C13H28N2O/c1-12-7-4-3-5-9-15(12)11-13(14)8-6-10-16-2/h12-13H,3-11,14H2,1-2H3. The lowest BCUT2D eigenvalue weighted by Crippen LogP contribution is -2.42. The third-order valence-corrected chi connectivity index (χ3v) is 3.58. The number of hydrogen-bond donors (Lipinski definition) is 1. The SMILES string of the molecule is COCCCC(N)CN1CCCCCC1C. The zero-order chi connectivity index (χ0) is 11.8. The number of nitrogens with two attached hydrogens (primary N) is 1. The van der Waals surface area contributed by atoms with E-state index in [-0.39, 0.29) is 0 Å². The van der Waals surface area contributed by atoms with Gasteiger partial charge in [0, 0.05) is 32.3 Å². The Bertz CT molecular complexity index is 175. The van der Waals surface area contributed by atoms with E-state index in [2.05, 4.69) is 11.8 Å². The Morgan fingerprint density at radius 3 is 2.94 bits per heavy atom. The van der Waals surface area contributed by atoms with Gasteiger partial charge in [-0.1, -0.05) is 12.8 Å². The maximum atomic E-state index is 6.16. The van der Waals surface area contributed by atoms with Crippen LogP contribution in [0.4, 0.5) is 0 Å². The highest BCUT2D eigenvalue weighted by molar-refractivity contribution is 4.76. The zero-order valence-corrected chi connectivity index (χ0v) is 11.0. The van der Waals surface area contributed by atoms with Crippen molar-refractivity contribution in [2.75, 3.05) is 26.8 Å². The molecule has 0 aromatic rings. The van der Waals surface area contributed by atoms with E-state index >= 15 is 0 Å². The lowest BCUT2D eigenvalue weighted by molar-refractivity contribution is 0.174. The molecule has 3 heteroatoms. The average molecular weight is 228 g/mol. The highest BCUT2D eigenvalue weighted by Gasteiger charge is 2.18. The maximum absolute atomic E-state index is 6.16. The van der Waals surface area contributed by atoms with Crippen LogP contribution in [-0.2, 0) is 4.74 Å². The number of methoxy groups -OCH3 is 1. The fourth-order valence-electron chi connectivity index (χ4n) is 2.49. The molecule has 1 aliphatic rings. The molecule has 3 nitrogen and oxygen atoms in total. The number of nitrogens with zero attached hydrogens (tertiary/aromatic N) is 1. The van der Waals surface area contributed by atoms with Crippen molar-refractivity contribution in [1.82, 2.24) is 4.90 Å². The Kier molecular flexibility index (Phi) is 7.01.